The summed E-state index contributed by atoms with van der Waals surface area (Å²) in [5.41, 5.74) is 0.241. The number of halogens is 1. The Labute approximate surface area is 107 Å². The SMILES string of the molecule is CN(C)C1(CNC(=O)CCCCBr)CCC1. The van der Waals surface area contributed by atoms with Crippen LogP contribution in [0.3, 0.4) is 0 Å². The lowest BCUT2D eigenvalue weighted by atomic mass is 9.75. The fourth-order valence-electron chi connectivity index (χ4n) is 2.10. The lowest BCUT2D eigenvalue weighted by Gasteiger charge is -2.47. The molecule has 1 rings (SSSR count). The third kappa shape index (κ3) is 3.74. The second-order valence-corrected chi connectivity index (χ2v) is 5.69. The maximum Gasteiger partial charge on any atom is 0.220 e. The van der Waals surface area contributed by atoms with E-state index in [9.17, 15) is 4.79 Å². The fourth-order valence-corrected chi connectivity index (χ4v) is 2.50. The van der Waals surface area contributed by atoms with Gasteiger partial charge in [0.25, 0.3) is 0 Å². The molecule has 0 aromatic rings. The molecule has 1 saturated carbocycles. The van der Waals surface area contributed by atoms with E-state index in [1.54, 1.807) is 0 Å². The van der Waals surface area contributed by atoms with Gasteiger partial charge in [0.2, 0.25) is 5.91 Å². The molecule has 0 bridgehead atoms. The van der Waals surface area contributed by atoms with Crippen LogP contribution in [0.2, 0.25) is 0 Å². The monoisotopic (exact) mass is 290 g/mol. The predicted molar refractivity (Wildman–Crippen MR) is 70.9 cm³/mol. The highest BCUT2D eigenvalue weighted by Gasteiger charge is 2.38. The van der Waals surface area contributed by atoms with Crippen molar-refractivity contribution >= 4 is 21.8 Å². The minimum atomic E-state index is 0.203. The van der Waals surface area contributed by atoms with E-state index in [2.05, 4.69) is 40.2 Å². The van der Waals surface area contributed by atoms with Crippen molar-refractivity contribution in [3.8, 4) is 0 Å². The Balaban J connectivity index is 2.20. The molecule has 0 saturated heterocycles. The molecule has 0 atom stereocenters. The topological polar surface area (TPSA) is 32.3 Å². The number of amides is 1. The molecule has 4 heteroatoms. The Bertz CT molecular complexity index is 227. The second-order valence-electron chi connectivity index (χ2n) is 4.90. The average Bonchev–Trinajstić information content (AvgIpc) is 2.16. The Kier molecular flexibility index (Phi) is 5.76. The number of alkyl halides is 1. The van der Waals surface area contributed by atoms with Gasteiger partial charge in [-0.15, -0.1) is 0 Å². The molecule has 0 aromatic heterocycles. The van der Waals surface area contributed by atoms with Crippen molar-refractivity contribution in [1.29, 1.82) is 0 Å². The maximum absolute atomic E-state index is 11.6. The van der Waals surface area contributed by atoms with Gasteiger partial charge in [-0.3, -0.25) is 4.79 Å². The molecule has 0 heterocycles. The summed E-state index contributed by atoms with van der Waals surface area (Å²) in [6.07, 6.45) is 6.42. The highest BCUT2D eigenvalue weighted by molar-refractivity contribution is 9.09. The quantitative estimate of drug-likeness (QED) is 0.576. The number of likely N-dealkylation sites (N-methyl/N-ethyl adjacent to an activating group) is 1. The number of carbonyl (C=O) groups is 1. The first-order chi connectivity index (χ1) is 7.60. The molecule has 1 aliphatic rings. The zero-order chi connectivity index (χ0) is 12.0. The van der Waals surface area contributed by atoms with Crippen molar-refractivity contribution in [2.45, 2.75) is 44.1 Å². The van der Waals surface area contributed by atoms with Crippen molar-refractivity contribution in [2.75, 3.05) is 26.0 Å². The first-order valence-electron chi connectivity index (χ1n) is 6.11. The molecule has 0 unspecified atom stereocenters. The van der Waals surface area contributed by atoms with Gasteiger partial charge in [0.15, 0.2) is 0 Å². The Hall–Kier alpha value is -0.0900. The van der Waals surface area contributed by atoms with Crippen LogP contribution in [0, 0.1) is 0 Å². The number of hydrogen-bond acceptors (Lipinski definition) is 2. The number of carbonyl (C=O) groups excluding carboxylic acids is 1. The molecular formula is C12H23BrN2O. The van der Waals surface area contributed by atoms with Gasteiger partial charge in [0.05, 0.1) is 0 Å². The highest BCUT2D eigenvalue weighted by atomic mass is 79.9. The molecule has 1 fully saturated rings. The van der Waals surface area contributed by atoms with E-state index in [1.165, 1.54) is 19.3 Å². The first kappa shape index (κ1) is 14.0. The summed E-state index contributed by atoms with van der Waals surface area (Å²) >= 11 is 3.37. The van der Waals surface area contributed by atoms with Gasteiger partial charge < -0.3 is 10.2 Å². The van der Waals surface area contributed by atoms with Gasteiger partial charge in [-0.25, -0.2) is 0 Å². The molecule has 1 aliphatic carbocycles. The van der Waals surface area contributed by atoms with E-state index in [4.69, 9.17) is 0 Å². The van der Waals surface area contributed by atoms with Crippen molar-refractivity contribution in [1.82, 2.24) is 10.2 Å². The van der Waals surface area contributed by atoms with Gasteiger partial charge in [-0.1, -0.05) is 15.9 Å². The molecule has 94 valence electrons. The van der Waals surface area contributed by atoms with Crippen LogP contribution in [0.25, 0.3) is 0 Å². The summed E-state index contributed by atoms with van der Waals surface area (Å²) in [7, 11) is 4.21. The smallest absolute Gasteiger partial charge is 0.220 e. The number of hydrogen-bond donors (Lipinski definition) is 1. The van der Waals surface area contributed by atoms with Gasteiger partial charge >= 0.3 is 0 Å². The lowest BCUT2D eigenvalue weighted by molar-refractivity contribution is -0.122. The Morgan fingerprint density at radius 2 is 2.06 bits per heavy atom. The van der Waals surface area contributed by atoms with Crippen LogP contribution in [0.15, 0.2) is 0 Å². The summed E-state index contributed by atoms with van der Waals surface area (Å²) < 4.78 is 0. The van der Waals surface area contributed by atoms with Crippen molar-refractivity contribution in [2.24, 2.45) is 0 Å². The third-order valence-electron chi connectivity index (χ3n) is 3.64. The van der Waals surface area contributed by atoms with Crippen molar-refractivity contribution in [3.63, 3.8) is 0 Å². The van der Waals surface area contributed by atoms with Crippen molar-refractivity contribution < 1.29 is 4.79 Å². The largest absolute Gasteiger partial charge is 0.354 e. The molecule has 0 aromatic carbocycles. The number of nitrogens with one attached hydrogen (secondary N) is 1. The van der Waals surface area contributed by atoms with Gasteiger partial charge in [-0.05, 0) is 46.2 Å². The average molecular weight is 291 g/mol. The Morgan fingerprint density at radius 1 is 1.38 bits per heavy atom. The first-order valence-corrected chi connectivity index (χ1v) is 7.23. The van der Waals surface area contributed by atoms with E-state index >= 15 is 0 Å². The van der Waals surface area contributed by atoms with E-state index in [-0.39, 0.29) is 11.4 Å². The van der Waals surface area contributed by atoms with Crippen LogP contribution in [-0.2, 0) is 4.79 Å². The summed E-state index contributed by atoms with van der Waals surface area (Å²) in [4.78, 5) is 13.8. The standard InChI is InChI=1S/C12H23BrN2O/c1-15(2)12(7-5-8-12)10-14-11(16)6-3-4-9-13/h3-10H2,1-2H3,(H,14,16). The Morgan fingerprint density at radius 3 is 2.50 bits per heavy atom. The van der Waals surface area contributed by atoms with Crippen LogP contribution in [0.5, 0.6) is 0 Å². The fraction of sp³-hybridized carbons (Fsp3) is 0.917. The zero-order valence-corrected chi connectivity index (χ0v) is 12.0. The molecular weight excluding hydrogens is 268 g/mol. The molecule has 0 radical (unpaired) electrons. The third-order valence-corrected chi connectivity index (χ3v) is 4.20. The van der Waals surface area contributed by atoms with Crippen LogP contribution in [-0.4, -0.2) is 42.3 Å². The van der Waals surface area contributed by atoms with E-state index in [0.29, 0.717) is 6.42 Å². The summed E-state index contributed by atoms with van der Waals surface area (Å²) in [6.45, 7) is 0.813. The molecule has 16 heavy (non-hydrogen) atoms. The van der Waals surface area contributed by atoms with Crippen molar-refractivity contribution in [3.05, 3.63) is 0 Å². The second kappa shape index (κ2) is 6.60. The molecule has 1 N–H and O–H groups in total. The summed E-state index contributed by atoms with van der Waals surface area (Å²) in [6, 6.07) is 0. The van der Waals surface area contributed by atoms with Crippen LogP contribution >= 0.6 is 15.9 Å². The number of nitrogens with zero attached hydrogens (tertiary/aromatic N) is 1. The summed E-state index contributed by atoms with van der Waals surface area (Å²) in [5, 5.41) is 4.06. The normalized spacial score (nSPS) is 18.2. The lowest BCUT2D eigenvalue weighted by Crippen LogP contribution is -2.57. The molecule has 0 spiro atoms. The van der Waals surface area contributed by atoms with Crippen LogP contribution < -0.4 is 5.32 Å². The number of rotatable bonds is 7. The van der Waals surface area contributed by atoms with E-state index < -0.39 is 0 Å². The molecule has 1 amide bonds. The number of unbranched alkanes of at least 4 members (excludes halogenated alkanes) is 1. The maximum atomic E-state index is 11.6. The minimum absolute atomic E-state index is 0.203. The molecule has 3 nitrogen and oxygen atoms in total. The summed E-state index contributed by atoms with van der Waals surface area (Å²) in [5.74, 6) is 0.203. The van der Waals surface area contributed by atoms with Crippen LogP contribution in [0.1, 0.15) is 38.5 Å². The van der Waals surface area contributed by atoms with E-state index in [1.807, 2.05) is 0 Å². The van der Waals surface area contributed by atoms with Gasteiger partial charge in [-0.2, -0.15) is 0 Å². The van der Waals surface area contributed by atoms with E-state index in [0.717, 1.165) is 24.7 Å². The zero-order valence-electron chi connectivity index (χ0n) is 10.4. The predicted octanol–water partition coefficient (Wildman–Crippen LogP) is 2.15. The van der Waals surface area contributed by atoms with Gasteiger partial charge in [0.1, 0.15) is 0 Å². The van der Waals surface area contributed by atoms with Gasteiger partial charge in [0, 0.05) is 23.8 Å². The molecule has 0 aliphatic heterocycles. The minimum Gasteiger partial charge on any atom is -0.354 e. The highest BCUT2D eigenvalue weighted by Crippen LogP contribution is 2.35. The van der Waals surface area contributed by atoms with Crippen LogP contribution in [0.4, 0.5) is 0 Å².